The number of benzene rings is 2. The van der Waals surface area contributed by atoms with Crippen LogP contribution in [0.5, 0.6) is 0 Å². The Morgan fingerprint density at radius 1 is 0.893 bits per heavy atom. The first-order chi connectivity index (χ1) is 13.9. The van der Waals surface area contributed by atoms with Crippen LogP contribution < -0.4 is 0 Å². The second-order valence-electron chi connectivity index (χ2n) is 7.81. The third-order valence-electron chi connectivity index (χ3n) is 5.88. The zero-order valence-electron chi connectivity index (χ0n) is 16.7. The fraction of sp³-hybridized carbons (Fsp3) is 0.500. The summed E-state index contributed by atoms with van der Waals surface area (Å²) < 4.78 is 11.5. The van der Waals surface area contributed by atoms with Crippen molar-refractivity contribution in [3.05, 3.63) is 71.8 Å². The van der Waals surface area contributed by atoms with E-state index in [1.807, 2.05) is 0 Å². The molecule has 0 aromatic heterocycles. The summed E-state index contributed by atoms with van der Waals surface area (Å²) in [6, 6.07) is 22.1. The molecule has 0 spiro atoms. The zero-order valence-corrected chi connectivity index (χ0v) is 16.7. The van der Waals surface area contributed by atoms with Gasteiger partial charge in [-0.3, -0.25) is 9.80 Å². The molecule has 2 aliphatic heterocycles. The van der Waals surface area contributed by atoms with Gasteiger partial charge in [0.1, 0.15) is 0 Å². The molecule has 2 saturated heterocycles. The smallest absolute Gasteiger partial charge is 0.0809 e. The number of ether oxygens (including phenoxy) is 2. The van der Waals surface area contributed by atoms with Gasteiger partial charge in [0, 0.05) is 39.3 Å². The minimum atomic E-state index is 0.328. The number of hydrogen-bond acceptors (Lipinski definition) is 4. The Hall–Kier alpha value is -1.72. The largest absolute Gasteiger partial charge is 0.377 e. The molecule has 0 saturated carbocycles. The molecule has 4 rings (SSSR count). The molecule has 150 valence electrons. The van der Waals surface area contributed by atoms with Gasteiger partial charge >= 0.3 is 0 Å². The molecule has 28 heavy (non-hydrogen) atoms. The Kier molecular flexibility index (Phi) is 7.12. The van der Waals surface area contributed by atoms with Gasteiger partial charge in [-0.25, -0.2) is 0 Å². The maximum atomic E-state index is 5.85. The van der Waals surface area contributed by atoms with E-state index in [1.165, 1.54) is 17.5 Å². The van der Waals surface area contributed by atoms with Crippen molar-refractivity contribution in [2.75, 3.05) is 52.5 Å². The molecule has 2 aromatic carbocycles. The minimum Gasteiger partial charge on any atom is -0.377 e. The normalized spacial score (nSPS) is 21.4. The minimum absolute atomic E-state index is 0.328. The highest BCUT2D eigenvalue weighted by atomic mass is 16.5. The lowest BCUT2D eigenvalue weighted by Gasteiger charge is -2.39. The van der Waals surface area contributed by atoms with Gasteiger partial charge in [0.05, 0.1) is 25.4 Å². The average Bonchev–Trinajstić information content (AvgIpc) is 3.28. The second kappa shape index (κ2) is 10.2. The molecule has 0 amide bonds. The van der Waals surface area contributed by atoms with Crippen molar-refractivity contribution in [3.8, 4) is 0 Å². The monoisotopic (exact) mass is 380 g/mol. The summed E-state index contributed by atoms with van der Waals surface area (Å²) in [5, 5.41) is 0. The Labute approximate surface area is 169 Å². The van der Waals surface area contributed by atoms with Crippen molar-refractivity contribution in [2.24, 2.45) is 0 Å². The molecule has 4 nitrogen and oxygen atoms in total. The predicted molar refractivity (Wildman–Crippen MR) is 113 cm³/mol. The Bertz CT molecular complexity index is 641. The van der Waals surface area contributed by atoms with Gasteiger partial charge in [-0.05, 0) is 24.0 Å². The predicted octanol–water partition coefficient (Wildman–Crippen LogP) is 3.59. The van der Waals surface area contributed by atoms with Crippen molar-refractivity contribution in [1.82, 2.24) is 9.80 Å². The molecule has 1 atom stereocenters. The SMILES string of the molecule is c1ccc(C(c2ccccc2)N2CCN(CCOCC3CCCO3)CC2)cc1. The van der Waals surface area contributed by atoms with Crippen LogP contribution in [-0.2, 0) is 9.47 Å². The third kappa shape index (κ3) is 5.21. The molecule has 2 heterocycles. The first kappa shape index (κ1) is 19.6. The molecule has 2 fully saturated rings. The van der Waals surface area contributed by atoms with Gasteiger partial charge in [-0.2, -0.15) is 0 Å². The summed E-state index contributed by atoms with van der Waals surface area (Å²) in [5.74, 6) is 0. The zero-order chi connectivity index (χ0) is 19.0. The van der Waals surface area contributed by atoms with Gasteiger partial charge in [0.25, 0.3) is 0 Å². The van der Waals surface area contributed by atoms with Crippen LogP contribution in [0.3, 0.4) is 0 Å². The van der Waals surface area contributed by atoms with Crippen LogP contribution in [0, 0.1) is 0 Å². The lowest BCUT2D eigenvalue weighted by atomic mass is 9.96. The van der Waals surface area contributed by atoms with Crippen LogP contribution in [0.1, 0.15) is 30.0 Å². The molecule has 0 aliphatic carbocycles. The molecule has 0 radical (unpaired) electrons. The van der Waals surface area contributed by atoms with E-state index in [4.69, 9.17) is 9.47 Å². The van der Waals surface area contributed by atoms with E-state index in [0.717, 1.165) is 59.0 Å². The van der Waals surface area contributed by atoms with Crippen LogP contribution in [-0.4, -0.2) is 68.4 Å². The molecule has 4 heteroatoms. The van der Waals surface area contributed by atoms with Gasteiger partial charge < -0.3 is 9.47 Å². The van der Waals surface area contributed by atoms with Crippen LogP contribution in [0.2, 0.25) is 0 Å². The van der Waals surface area contributed by atoms with Crippen molar-refractivity contribution >= 4 is 0 Å². The molecular formula is C24H32N2O2. The van der Waals surface area contributed by atoms with Crippen LogP contribution >= 0.6 is 0 Å². The topological polar surface area (TPSA) is 24.9 Å². The number of rotatable bonds is 8. The lowest BCUT2D eigenvalue weighted by Crippen LogP contribution is -2.48. The maximum Gasteiger partial charge on any atom is 0.0809 e. The fourth-order valence-electron chi connectivity index (χ4n) is 4.31. The van der Waals surface area contributed by atoms with Crippen molar-refractivity contribution in [1.29, 1.82) is 0 Å². The average molecular weight is 381 g/mol. The Morgan fingerprint density at radius 2 is 1.54 bits per heavy atom. The van der Waals surface area contributed by atoms with E-state index < -0.39 is 0 Å². The van der Waals surface area contributed by atoms with E-state index in [2.05, 4.69) is 70.5 Å². The number of hydrogen-bond donors (Lipinski definition) is 0. The first-order valence-electron chi connectivity index (χ1n) is 10.7. The molecule has 2 aromatic rings. The van der Waals surface area contributed by atoms with Gasteiger partial charge in [0.2, 0.25) is 0 Å². The van der Waals surface area contributed by atoms with Crippen molar-refractivity contribution in [2.45, 2.75) is 25.0 Å². The van der Waals surface area contributed by atoms with Crippen LogP contribution in [0.4, 0.5) is 0 Å². The highest BCUT2D eigenvalue weighted by molar-refractivity contribution is 5.31. The third-order valence-corrected chi connectivity index (χ3v) is 5.88. The first-order valence-corrected chi connectivity index (χ1v) is 10.7. The summed E-state index contributed by atoms with van der Waals surface area (Å²) in [6.45, 7) is 7.84. The highest BCUT2D eigenvalue weighted by Crippen LogP contribution is 2.29. The number of nitrogens with zero attached hydrogens (tertiary/aromatic N) is 2. The highest BCUT2D eigenvalue weighted by Gasteiger charge is 2.26. The standard InChI is InChI=1S/C24H32N2O2/c1-3-8-21(9-4-1)24(22-10-5-2-6-11-22)26-15-13-25(14-16-26)17-19-27-20-23-12-7-18-28-23/h1-6,8-11,23-24H,7,12-20H2. The van der Waals surface area contributed by atoms with Crippen molar-refractivity contribution in [3.63, 3.8) is 0 Å². The molecule has 1 unspecified atom stereocenters. The lowest BCUT2D eigenvalue weighted by molar-refractivity contribution is 0.00523. The van der Waals surface area contributed by atoms with Crippen LogP contribution in [0.25, 0.3) is 0 Å². The van der Waals surface area contributed by atoms with E-state index in [0.29, 0.717) is 12.1 Å². The van der Waals surface area contributed by atoms with E-state index in [-0.39, 0.29) is 0 Å². The Balaban J connectivity index is 1.29. The maximum absolute atomic E-state index is 5.85. The number of piperazine rings is 1. The molecular weight excluding hydrogens is 348 g/mol. The van der Waals surface area contributed by atoms with Gasteiger partial charge in [-0.15, -0.1) is 0 Å². The van der Waals surface area contributed by atoms with Crippen molar-refractivity contribution < 1.29 is 9.47 Å². The second-order valence-corrected chi connectivity index (χ2v) is 7.81. The van der Waals surface area contributed by atoms with Gasteiger partial charge in [0.15, 0.2) is 0 Å². The molecule has 0 N–H and O–H groups in total. The summed E-state index contributed by atoms with van der Waals surface area (Å²) in [7, 11) is 0. The van der Waals surface area contributed by atoms with E-state index in [1.54, 1.807) is 0 Å². The Morgan fingerprint density at radius 3 is 2.11 bits per heavy atom. The van der Waals surface area contributed by atoms with E-state index >= 15 is 0 Å². The fourth-order valence-corrected chi connectivity index (χ4v) is 4.31. The summed E-state index contributed by atoms with van der Waals surface area (Å²) >= 11 is 0. The quantitative estimate of drug-likeness (QED) is 0.654. The molecule has 0 bridgehead atoms. The van der Waals surface area contributed by atoms with Gasteiger partial charge in [-0.1, -0.05) is 60.7 Å². The van der Waals surface area contributed by atoms with Crippen LogP contribution in [0.15, 0.2) is 60.7 Å². The molecule has 2 aliphatic rings. The summed E-state index contributed by atoms with van der Waals surface area (Å²) in [5.41, 5.74) is 2.75. The summed E-state index contributed by atoms with van der Waals surface area (Å²) in [6.07, 6.45) is 2.66. The van der Waals surface area contributed by atoms with E-state index in [9.17, 15) is 0 Å². The summed E-state index contributed by atoms with van der Waals surface area (Å²) in [4.78, 5) is 5.15.